The van der Waals surface area contributed by atoms with Crippen molar-refractivity contribution in [3.63, 3.8) is 0 Å². The van der Waals surface area contributed by atoms with Gasteiger partial charge in [0.1, 0.15) is 11.5 Å². The fourth-order valence-electron chi connectivity index (χ4n) is 4.04. The molecule has 1 aliphatic rings. The van der Waals surface area contributed by atoms with Gasteiger partial charge in [0, 0.05) is 21.8 Å². The van der Waals surface area contributed by atoms with Gasteiger partial charge in [-0.15, -0.1) is 0 Å². The first-order valence-corrected chi connectivity index (χ1v) is 10.0. The number of aromatic nitrogens is 1. The number of hydrogen-bond acceptors (Lipinski definition) is 2. The summed E-state index contributed by atoms with van der Waals surface area (Å²) < 4.78 is 7.56. The van der Waals surface area contributed by atoms with Gasteiger partial charge in [0.05, 0.1) is 11.1 Å². The Morgan fingerprint density at radius 3 is 2.63 bits per heavy atom. The van der Waals surface area contributed by atoms with Crippen LogP contribution < -0.4 is 4.74 Å². The van der Waals surface area contributed by atoms with Crippen LogP contribution in [0.1, 0.15) is 26.3 Å². The summed E-state index contributed by atoms with van der Waals surface area (Å²) in [6.45, 7) is 6.81. The molecule has 0 N–H and O–H groups in total. The number of hydrogen-bond donors (Lipinski definition) is 0. The molecule has 2 heterocycles. The minimum absolute atomic E-state index is 0.151. The maximum atomic E-state index is 6.55. The number of ether oxygens (including phenoxy) is 1. The number of halogens is 1. The molecule has 134 valence electrons. The first-order chi connectivity index (χ1) is 12.9. The molecule has 2 nitrogen and oxygen atoms in total. The fraction of sp³-hybridized carbons (Fsp3) is 0.208. The highest BCUT2D eigenvalue weighted by atomic mass is 79.9. The fourth-order valence-corrected chi connectivity index (χ4v) is 4.49. The Labute approximate surface area is 167 Å². The molecule has 0 amide bonds. The minimum atomic E-state index is 0.151. The van der Waals surface area contributed by atoms with E-state index in [1.165, 1.54) is 16.3 Å². The van der Waals surface area contributed by atoms with Crippen molar-refractivity contribution in [3.05, 3.63) is 64.8 Å². The second-order valence-corrected chi connectivity index (χ2v) is 9.37. The lowest BCUT2D eigenvalue weighted by Crippen LogP contribution is -2.12. The van der Waals surface area contributed by atoms with E-state index in [0.29, 0.717) is 0 Å². The zero-order valence-electron chi connectivity index (χ0n) is 15.6. The predicted octanol–water partition coefficient (Wildman–Crippen LogP) is 7.51. The van der Waals surface area contributed by atoms with Gasteiger partial charge < -0.3 is 4.74 Å². The monoisotopic (exact) mass is 417 g/mol. The van der Waals surface area contributed by atoms with E-state index in [4.69, 9.17) is 9.72 Å². The quantitative estimate of drug-likeness (QED) is 0.281. The molecule has 1 aliphatic heterocycles. The third kappa shape index (κ3) is 2.72. The van der Waals surface area contributed by atoms with E-state index in [0.717, 1.165) is 44.4 Å². The van der Waals surface area contributed by atoms with Crippen molar-refractivity contribution in [1.82, 2.24) is 4.98 Å². The highest BCUT2D eigenvalue weighted by Crippen LogP contribution is 2.50. The Bertz CT molecular complexity index is 1220. The Morgan fingerprint density at radius 2 is 1.81 bits per heavy atom. The van der Waals surface area contributed by atoms with E-state index in [1.807, 2.05) is 18.3 Å². The van der Waals surface area contributed by atoms with Gasteiger partial charge in [0.15, 0.2) is 0 Å². The van der Waals surface area contributed by atoms with E-state index in [1.54, 1.807) is 0 Å². The Kier molecular flexibility index (Phi) is 3.60. The maximum absolute atomic E-state index is 6.55. The standard InChI is InChI=1S/C24H20BrNO/c1-24(2,3)13-19-17-7-5-4-6-14(17)11-18-22-21-15(8-9-26-22)10-16(25)12-20(21)27-23(18)19/h4-12H,13H2,1-3H3. The Hall–Kier alpha value is -2.39. The molecule has 1 aromatic heterocycles. The SMILES string of the molecule is CC(C)(C)Cc1c2c(cc3ccccc13)-c1nccc3cc(Br)cc(c13)O2. The molecule has 0 aliphatic carbocycles. The minimum Gasteiger partial charge on any atom is -0.456 e. The van der Waals surface area contributed by atoms with Crippen molar-refractivity contribution < 1.29 is 4.74 Å². The van der Waals surface area contributed by atoms with Crippen molar-refractivity contribution in [2.45, 2.75) is 27.2 Å². The highest BCUT2D eigenvalue weighted by Gasteiger charge is 2.27. The van der Waals surface area contributed by atoms with Gasteiger partial charge in [0.2, 0.25) is 0 Å². The van der Waals surface area contributed by atoms with E-state index in [2.05, 4.69) is 73.1 Å². The smallest absolute Gasteiger partial charge is 0.140 e. The topological polar surface area (TPSA) is 22.1 Å². The van der Waals surface area contributed by atoms with Crippen LogP contribution >= 0.6 is 15.9 Å². The maximum Gasteiger partial charge on any atom is 0.140 e. The molecule has 0 saturated heterocycles. The molecule has 27 heavy (non-hydrogen) atoms. The average Bonchev–Trinajstić information content (AvgIpc) is 2.61. The zero-order valence-corrected chi connectivity index (χ0v) is 17.2. The van der Waals surface area contributed by atoms with Gasteiger partial charge >= 0.3 is 0 Å². The van der Waals surface area contributed by atoms with Crippen LogP contribution in [0.2, 0.25) is 0 Å². The van der Waals surface area contributed by atoms with E-state index < -0.39 is 0 Å². The summed E-state index contributed by atoms with van der Waals surface area (Å²) in [4.78, 5) is 4.76. The first-order valence-electron chi connectivity index (χ1n) is 9.22. The molecular formula is C24H20BrNO. The second-order valence-electron chi connectivity index (χ2n) is 8.45. The van der Waals surface area contributed by atoms with Crippen molar-refractivity contribution in [2.24, 2.45) is 5.41 Å². The largest absolute Gasteiger partial charge is 0.456 e. The van der Waals surface area contributed by atoms with Crippen molar-refractivity contribution >= 4 is 37.5 Å². The summed E-state index contributed by atoms with van der Waals surface area (Å²) in [7, 11) is 0. The molecule has 0 unspecified atom stereocenters. The summed E-state index contributed by atoms with van der Waals surface area (Å²) in [5, 5.41) is 4.72. The van der Waals surface area contributed by atoms with Crippen molar-refractivity contribution in [3.8, 4) is 22.8 Å². The van der Waals surface area contributed by atoms with Crippen LogP contribution in [0.4, 0.5) is 0 Å². The third-order valence-electron chi connectivity index (χ3n) is 5.07. The van der Waals surface area contributed by atoms with Crippen LogP contribution in [0.15, 0.2) is 59.2 Å². The molecule has 0 radical (unpaired) electrons. The molecular weight excluding hydrogens is 398 g/mol. The van der Waals surface area contributed by atoms with Gasteiger partial charge in [-0.1, -0.05) is 61.0 Å². The number of pyridine rings is 1. The normalized spacial score (nSPS) is 12.9. The third-order valence-corrected chi connectivity index (χ3v) is 5.53. The molecule has 4 aromatic rings. The molecule has 0 spiro atoms. The first kappa shape index (κ1) is 16.8. The molecule has 0 saturated carbocycles. The van der Waals surface area contributed by atoms with Gasteiger partial charge in [0.25, 0.3) is 0 Å². The lowest BCUT2D eigenvalue weighted by Gasteiger charge is -2.27. The average molecular weight is 418 g/mol. The van der Waals surface area contributed by atoms with Crippen LogP contribution in [0.25, 0.3) is 32.8 Å². The van der Waals surface area contributed by atoms with E-state index in [9.17, 15) is 0 Å². The van der Waals surface area contributed by atoms with E-state index >= 15 is 0 Å². The van der Waals surface area contributed by atoms with Gasteiger partial charge in [-0.05, 0) is 52.3 Å². The molecule has 3 heteroatoms. The Balaban J connectivity index is 1.90. The predicted molar refractivity (Wildman–Crippen MR) is 116 cm³/mol. The number of rotatable bonds is 1. The van der Waals surface area contributed by atoms with Crippen molar-refractivity contribution in [1.29, 1.82) is 0 Å². The molecule has 0 fully saturated rings. The summed E-state index contributed by atoms with van der Waals surface area (Å²) in [5.74, 6) is 1.83. The lowest BCUT2D eigenvalue weighted by molar-refractivity contribution is 0.400. The summed E-state index contributed by atoms with van der Waals surface area (Å²) in [6, 6.07) is 17.0. The van der Waals surface area contributed by atoms with Gasteiger partial charge in [-0.2, -0.15) is 0 Å². The summed E-state index contributed by atoms with van der Waals surface area (Å²) >= 11 is 3.62. The number of fused-ring (bicyclic) bond motifs is 3. The van der Waals surface area contributed by atoms with Gasteiger partial charge in [-0.25, -0.2) is 0 Å². The van der Waals surface area contributed by atoms with Crippen LogP contribution in [0, 0.1) is 5.41 Å². The lowest BCUT2D eigenvalue weighted by atomic mass is 9.83. The summed E-state index contributed by atoms with van der Waals surface area (Å²) in [6.07, 6.45) is 2.83. The molecule has 3 aromatic carbocycles. The van der Waals surface area contributed by atoms with Gasteiger partial charge in [-0.3, -0.25) is 4.98 Å². The van der Waals surface area contributed by atoms with Crippen LogP contribution in [-0.2, 0) is 6.42 Å². The number of nitrogens with zero attached hydrogens (tertiary/aromatic N) is 1. The Morgan fingerprint density at radius 1 is 1.00 bits per heavy atom. The highest BCUT2D eigenvalue weighted by molar-refractivity contribution is 9.10. The second kappa shape index (κ2) is 5.80. The van der Waals surface area contributed by atoms with Crippen LogP contribution in [0.3, 0.4) is 0 Å². The molecule has 0 atom stereocenters. The van der Waals surface area contributed by atoms with Crippen molar-refractivity contribution in [2.75, 3.05) is 0 Å². The zero-order chi connectivity index (χ0) is 18.8. The summed E-state index contributed by atoms with van der Waals surface area (Å²) in [5.41, 5.74) is 3.52. The number of benzene rings is 3. The van der Waals surface area contributed by atoms with Crippen LogP contribution in [0.5, 0.6) is 11.5 Å². The van der Waals surface area contributed by atoms with Crippen LogP contribution in [-0.4, -0.2) is 4.98 Å². The molecule has 5 rings (SSSR count). The molecule has 0 bridgehead atoms. The van der Waals surface area contributed by atoms with E-state index in [-0.39, 0.29) is 5.41 Å².